The maximum absolute atomic E-state index is 11.1. The Morgan fingerprint density at radius 1 is 1.24 bits per heavy atom. The molecule has 0 saturated carbocycles. The molecule has 0 saturated heterocycles. The van der Waals surface area contributed by atoms with Crippen LogP contribution in [0.25, 0.3) is 0 Å². The van der Waals surface area contributed by atoms with E-state index in [0.717, 1.165) is 11.1 Å². The molecule has 110 valence electrons. The highest BCUT2D eigenvalue weighted by molar-refractivity contribution is 6.30. The summed E-state index contributed by atoms with van der Waals surface area (Å²) in [6, 6.07) is 10.0. The molecule has 0 fully saturated rings. The predicted octanol–water partition coefficient (Wildman–Crippen LogP) is 4.07. The number of nitrogens with one attached hydrogen (secondary N) is 1. The highest BCUT2D eigenvalue weighted by atomic mass is 35.5. The Morgan fingerprint density at radius 3 is 2.62 bits per heavy atom. The van der Waals surface area contributed by atoms with Crippen LogP contribution in [-0.2, 0) is 6.54 Å². The van der Waals surface area contributed by atoms with Gasteiger partial charge in [-0.2, -0.15) is 0 Å². The zero-order valence-corrected chi connectivity index (χ0v) is 12.5. The van der Waals surface area contributed by atoms with Crippen LogP contribution in [-0.4, -0.2) is 12.0 Å². The second kappa shape index (κ2) is 6.56. The van der Waals surface area contributed by atoms with E-state index >= 15 is 0 Å². The summed E-state index contributed by atoms with van der Waals surface area (Å²) in [7, 11) is 1.80. The summed E-state index contributed by atoms with van der Waals surface area (Å²) in [6.07, 6.45) is 0. The Morgan fingerprint density at radius 2 is 1.95 bits per heavy atom. The smallest absolute Gasteiger partial charge is 0.311 e. The average molecular weight is 307 g/mol. The molecule has 0 aliphatic carbocycles. The number of nitro groups is 1. The number of nitro benzene ring substituents is 1. The second-order valence-electron chi connectivity index (χ2n) is 4.61. The van der Waals surface area contributed by atoms with Crippen LogP contribution in [0.1, 0.15) is 11.1 Å². The van der Waals surface area contributed by atoms with Gasteiger partial charge in [0.2, 0.25) is 5.75 Å². The van der Waals surface area contributed by atoms with Crippen LogP contribution in [0, 0.1) is 17.0 Å². The molecule has 0 spiro atoms. The third-order valence-electron chi connectivity index (χ3n) is 2.92. The lowest BCUT2D eigenvalue weighted by atomic mass is 10.2. The van der Waals surface area contributed by atoms with Gasteiger partial charge >= 0.3 is 5.69 Å². The Labute approximate surface area is 127 Å². The van der Waals surface area contributed by atoms with Crippen LogP contribution in [0.15, 0.2) is 36.4 Å². The molecular weight excluding hydrogens is 292 g/mol. The van der Waals surface area contributed by atoms with Gasteiger partial charge in [0.05, 0.1) is 4.92 Å². The molecule has 0 radical (unpaired) electrons. The fraction of sp³-hybridized carbons (Fsp3) is 0.200. The molecule has 2 aromatic carbocycles. The average Bonchev–Trinajstić information content (AvgIpc) is 2.43. The van der Waals surface area contributed by atoms with Crippen molar-refractivity contribution in [2.45, 2.75) is 13.5 Å². The number of aryl methyl sites for hydroxylation is 1. The van der Waals surface area contributed by atoms with Gasteiger partial charge in [-0.15, -0.1) is 0 Å². The molecule has 0 amide bonds. The lowest BCUT2D eigenvalue weighted by Crippen LogP contribution is -2.06. The van der Waals surface area contributed by atoms with Crippen molar-refractivity contribution in [2.24, 2.45) is 0 Å². The fourth-order valence-electron chi connectivity index (χ4n) is 1.95. The number of benzene rings is 2. The highest BCUT2D eigenvalue weighted by Gasteiger charge is 2.17. The first kappa shape index (κ1) is 15.3. The van der Waals surface area contributed by atoms with Gasteiger partial charge in [0.15, 0.2) is 0 Å². The summed E-state index contributed by atoms with van der Waals surface area (Å²) < 4.78 is 5.72. The van der Waals surface area contributed by atoms with Crippen LogP contribution in [0.2, 0.25) is 5.02 Å². The number of halogens is 1. The van der Waals surface area contributed by atoms with Crippen LogP contribution in [0.5, 0.6) is 11.5 Å². The van der Waals surface area contributed by atoms with E-state index in [0.29, 0.717) is 17.3 Å². The molecule has 2 aromatic rings. The van der Waals surface area contributed by atoms with Crippen LogP contribution in [0.3, 0.4) is 0 Å². The molecule has 2 rings (SSSR count). The zero-order chi connectivity index (χ0) is 15.4. The standard InChI is InChI=1S/C15H15ClN2O3/c1-10-3-5-15(13(7-10)18(19)20)21-14-6-4-12(16)8-11(14)9-17-2/h3-8,17H,9H2,1-2H3. The highest BCUT2D eigenvalue weighted by Crippen LogP contribution is 2.34. The molecule has 0 atom stereocenters. The fourth-order valence-corrected chi connectivity index (χ4v) is 2.15. The summed E-state index contributed by atoms with van der Waals surface area (Å²) in [4.78, 5) is 10.7. The lowest BCUT2D eigenvalue weighted by molar-refractivity contribution is -0.385. The van der Waals surface area contributed by atoms with E-state index in [4.69, 9.17) is 16.3 Å². The van der Waals surface area contributed by atoms with E-state index in [1.54, 1.807) is 44.3 Å². The van der Waals surface area contributed by atoms with Crippen molar-refractivity contribution in [3.8, 4) is 11.5 Å². The van der Waals surface area contributed by atoms with Crippen LogP contribution >= 0.6 is 11.6 Å². The molecule has 6 heteroatoms. The van der Waals surface area contributed by atoms with Crippen LogP contribution in [0.4, 0.5) is 5.69 Å². The zero-order valence-electron chi connectivity index (χ0n) is 11.7. The first-order valence-corrected chi connectivity index (χ1v) is 6.75. The first-order valence-electron chi connectivity index (χ1n) is 6.37. The monoisotopic (exact) mass is 306 g/mol. The molecule has 0 bridgehead atoms. The molecule has 0 heterocycles. The Hall–Kier alpha value is -2.11. The lowest BCUT2D eigenvalue weighted by Gasteiger charge is -2.12. The van der Waals surface area contributed by atoms with E-state index < -0.39 is 4.92 Å². The van der Waals surface area contributed by atoms with E-state index in [-0.39, 0.29) is 11.4 Å². The van der Waals surface area contributed by atoms with Gasteiger partial charge in [0, 0.05) is 23.2 Å². The molecule has 5 nitrogen and oxygen atoms in total. The number of rotatable bonds is 5. The Balaban J connectivity index is 2.40. The van der Waals surface area contributed by atoms with Crippen molar-refractivity contribution in [1.29, 1.82) is 0 Å². The largest absolute Gasteiger partial charge is 0.450 e. The van der Waals surface area contributed by atoms with Gasteiger partial charge in [0.25, 0.3) is 0 Å². The predicted molar refractivity (Wildman–Crippen MR) is 82.1 cm³/mol. The second-order valence-corrected chi connectivity index (χ2v) is 5.05. The summed E-state index contributed by atoms with van der Waals surface area (Å²) >= 11 is 5.97. The number of hydrogen-bond acceptors (Lipinski definition) is 4. The summed E-state index contributed by atoms with van der Waals surface area (Å²) in [6.45, 7) is 2.35. The van der Waals surface area contributed by atoms with Crippen molar-refractivity contribution >= 4 is 17.3 Å². The minimum Gasteiger partial charge on any atom is -0.450 e. The van der Waals surface area contributed by atoms with Gasteiger partial charge in [-0.1, -0.05) is 17.7 Å². The summed E-state index contributed by atoms with van der Waals surface area (Å²) in [5, 5.41) is 14.7. The van der Waals surface area contributed by atoms with Crippen LogP contribution < -0.4 is 10.1 Å². The quantitative estimate of drug-likeness (QED) is 0.668. The molecule has 0 unspecified atom stereocenters. The van der Waals surface area contributed by atoms with Gasteiger partial charge in [-0.3, -0.25) is 10.1 Å². The molecule has 0 aromatic heterocycles. The number of ether oxygens (including phenoxy) is 1. The van der Waals surface area contributed by atoms with Crippen molar-refractivity contribution in [3.63, 3.8) is 0 Å². The summed E-state index contributed by atoms with van der Waals surface area (Å²) in [5.74, 6) is 0.756. The Bertz CT molecular complexity index is 674. The number of hydrogen-bond donors (Lipinski definition) is 1. The third-order valence-corrected chi connectivity index (χ3v) is 3.16. The molecule has 0 aliphatic heterocycles. The van der Waals surface area contributed by atoms with E-state index in [1.807, 2.05) is 0 Å². The molecule has 1 N–H and O–H groups in total. The van der Waals surface area contributed by atoms with Crippen molar-refractivity contribution in [1.82, 2.24) is 5.32 Å². The van der Waals surface area contributed by atoms with Crippen molar-refractivity contribution in [3.05, 3.63) is 62.7 Å². The van der Waals surface area contributed by atoms with Crippen molar-refractivity contribution < 1.29 is 9.66 Å². The maximum atomic E-state index is 11.1. The van der Waals surface area contributed by atoms with Gasteiger partial charge in [-0.05, 0) is 43.8 Å². The summed E-state index contributed by atoms with van der Waals surface area (Å²) in [5.41, 5.74) is 1.58. The SMILES string of the molecule is CNCc1cc(Cl)ccc1Oc1ccc(C)cc1[N+](=O)[O-]. The topological polar surface area (TPSA) is 64.4 Å². The first-order chi connectivity index (χ1) is 10.0. The van der Waals surface area contributed by atoms with E-state index in [2.05, 4.69) is 5.32 Å². The molecular formula is C15H15ClN2O3. The molecule has 0 aliphatic rings. The van der Waals surface area contributed by atoms with Gasteiger partial charge < -0.3 is 10.1 Å². The van der Waals surface area contributed by atoms with Gasteiger partial charge in [0.1, 0.15) is 5.75 Å². The third kappa shape index (κ3) is 3.71. The minimum absolute atomic E-state index is 0.0552. The Kier molecular flexibility index (Phi) is 4.77. The normalized spacial score (nSPS) is 10.4. The molecule has 21 heavy (non-hydrogen) atoms. The van der Waals surface area contributed by atoms with Gasteiger partial charge in [-0.25, -0.2) is 0 Å². The van der Waals surface area contributed by atoms with E-state index in [9.17, 15) is 10.1 Å². The maximum Gasteiger partial charge on any atom is 0.311 e. The number of nitrogens with zero attached hydrogens (tertiary/aromatic N) is 1. The minimum atomic E-state index is -0.448. The van der Waals surface area contributed by atoms with Crippen molar-refractivity contribution in [2.75, 3.05) is 7.05 Å². The van der Waals surface area contributed by atoms with E-state index in [1.165, 1.54) is 6.07 Å².